The van der Waals surface area contributed by atoms with Gasteiger partial charge in [0.15, 0.2) is 0 Å². The van der Waals surface area contributed by atoms with Gasteiger partial charge in [0.1, 0.15) is 5.92 Å². The first-order valence-electron chi connectivity index (χ1n) is 6.44. The molecule has 2 rings (SSSR count). The standard InChI is InChI=1S/C15H16N2O4/c1-9-12(15(18)19)13(11-7-5-4-6-8-11)14(17(20)21)10(2)16(9)3/h4-8,13H,1-3H3,(H,18,19)/t13-/m0/s1. The van der Waals surface area contributed by atoms with E-state index in [1.165, 1.54) is 0 Å². The van der Waals surface area contributed by atoms with Gasteiger partial charge in [0, 0.05) is 12.7 Å². The lowest BCUT2D eigenvalue weighted by Gasteiger charge is -2.31. The molecular formula is C15H16N2O4. The Morgan fingerprint density at radius 1 is 1.24 bits per heavy atom. The second-order valence-electron chi connectivity index (χ2n) is 4.93. The Balaban J connectivity index is 2.74. The molecule has 0 spiro atoms. The van der Waals surface area contributed by atoms with Gasteiger partial charge in [-0.25, -0.2) is 4.79 Å². The van der Waals surface area contributed by atoms with Gasteiger partial charge in [0.25, 0.3) is 5.70 Å². The van der Waals surface area contributed by atoms with E-state index in [0.717, 1.165) is 0 Å². The smallest absolute Gasteiger partial charge is 0.334 e. The maximum Gasteiger partial charge on any atom is 0.334 e. The molecule has 0 saturated carbocycles. The van der Waals surface area contributed by atoms with Gasteiger partial charge in [-0.2, -0.15) is 0 Å². The first-order chi connectivity index (χ1) is 9.86. The van der Waals surface area contributed by atoms with E-state index in [1.54, 1.807) is 56.1 Å². The Kier molecular flexibility index (Phi) is 3.80. The van der Waals surface area contributed by atoms with Crippen LogP contribution in [0.25, 0.3) is 0 Å². The quantitative estimate of drug-likeness (QED) is 0.682. The average molecular weight is 288 g/mol. The second kappa shape index (κ2) is 5.40. The van der Waals surface area contributed by atoms with Gasteiger partial charge >= 0.3 is 5.97 Å². The number of carboxylic acid groups (broad SMARTS) is 1. The molecule has 1 N–H and O–H groups in total. The summed E-state index contributed by atoms with van der Waals surface area (Å²) in [5, 5.41) is 21.0. The number of nitro groups is 1. The number of benzene rings is 1. The van der Waals surface area contributed by atoms with Gasteiger partial charge in [0.05, 0.1) is 16.2 Å². The van der Waals surface area contributed by atoms with E-state index < -0.39 is 16.8 Å². The van der Waals surface area contributed by atoms with Crippen LogP contribution in [0.4, 0.5) is 0 Å². The van der Waals surface area contributed by atoms with E-state index in [0.29, 0.717) is 17.0 Å². The van der Waals surface area contributed by atoms with Crippen LogP contribution in [0.2, 0.25) is 0 Å². The molecular weight excluding hydrogens is 272 g/mol. The molecule has 0 aliphatic carbocycles. The van der Waals surface area contributed by atoms with E-state index in [4.69, 9.17) is 0 Å². The number of hydrogen-bond acceptors (Lipinski definition) is 4. The molecule has 1 aromatic rings. The molecule has 1 atom stereocenters. The van der Waals surface area contributed by atoms with Crippen molar-refractivity contribution in [1.29, 1.82) is 0 Å². The van der Waals surface area contributed by atoms with Crippen LogP contribution in [0.5, 0.6) is 0 Å². The molecule has 110 valence electrons. The molecule has 1 aromatic carbocycles. The molecule has 0 saturated heterocycles. The number of rotatable bonds is 3. The molecule has 1 aliphatic rings. The van der Waals surface area contributed by atoms with Crippen LogP contribution in [0.3, 0.4) is 0 Å². The lowest BCUT2D eigenvalue weighted by atomic mass is 9.83. The fourth-order valence-electron chi connectivity index (χ4n) is 2.64. The molecule has 0 bridgehead atoms. The second-order valence-corrected chi connectivity index (χ2v) is 4.93. The van der Waals surface area contributed by atoms with Crippen molar-refractivity contribution in [1.82, 2.24) is 4.90 Å². The van der Waals surface area contributed by atoms with Gasteiger partial charge in [-0.15, -0.1) is 0 Å². The van der Waals surface area contributed by atoms with Gasteiger partial charge < -0.3 is 10.0 Å². The summed E-state index contributed by atoms with van der Waals surface area (Å²) in [4.78, 5) is 24.2. The largest absolute Gasteiger partial charge is 0.478 e. The lowest BCUT2D eigenvalue weighted by molar-refractivity contribution is -0.431. The normalized spacial score (nSPS) is 19.0. The van der Waals surface area contributed by atoms with Crippen LogP contribution in [0.15, 0.2) is 53.0 Å². The molecule has 0 aromatic heterocycles. The van der Waals surface area contributed by atoms with Crippen molar-refractivity contribution in [3.05, 3.63) is 68.7 Å². The molecule has 6 heteroatoms. The maximum absolute atomic E-state index is 11.6. The fourth-order valence-corrected chi connectivity index (χ4v) is 2.64. The Bertz CT molecular complexity index is 624. The topological polar surface area (TPSA) is 83.7 Å². The van der Waals surface area contributed by atoms with Crippen LogP contribution in [-0.2, 0) is 4.79 Å². The molecule has 21 heavy (non-hydrogen) atoms. The minimum Gasteiger partial charge on any atom is -0.478 e. The molecule has 0 unspecified atom stereocenters. The first-order valence-corrected chi connectivity index (χ1v) is 6.44. The summed E-state index contributed by atoms with van der Waals surface area (Å²) < 4.78 is 0. The van der Waals surface area contributed by atoms with Crippen molar-refractivity contribution in [2.75, 3.05) is 7.05 Å². The van der Waals surface area contributed by atoms with Crippen molar-refractivity contribution >= 4 is 5.97 Å². The third-order valence-electron chi connectivity index (χ3n) is 3.89. The van der Waals surface area contributed by atoms with Gasteiger partial charge in [-0.1, -0.05) is 30.3 Å². The summed E-state index contributed by atoms with van der Waals surface area (Å²) in [6.45, 7) is 3.30. The monoisotopic (exact) mass is 288 g/mol. The van der Waals surface area contributed by atoms with Crippen LogP contribution in [-0.4, -0.2) is 27.9 Å². The number of carbonyl (C=O) groups is 1. The molecule has 1 heterocycles. The van der Waals surface area contributed by atoms with E-state index in [1.807, 2.05) is 0 Å². The molecule has 0 radical (unpaired) electrons. The summed E-state index contributed by atoms with van der Waals surface area (Å²) in [6.07, 6.45) is 0. The average Bonchev–Trinajstić information content (AvgIpc) is 2.44. The number of nitrogens with zero attached hydrogens (tertiary/aromatic N) is 2. The summed E-state index contributed by atoms with van der Waals surface area (Å²) >= 11 is 0. The highest BCUT2D eigenvalue weighted by atomic mass is 16.6. The van der Waals surface area contributed by atoms with Crippen LogP contribution < -0.4 is 0 Å². The minimum absolute atomic E-state index is 0.0426. The van der Waals surface area contributed by atoms with Crippen LogP contribution in [0, 0.1) is 10.1 Å². The van der Waals surface area contributed by atoms with E-state index in [-0.39, 0.29) is 11.3 Å². The van der Waals surface area contributed by atoms with Gasteiger partial charge in [0.2, 0.25) is 0 Å². The Hall–Kier alpha value is -2.63. The zero-order chi connectivity index (χ0) is 15.7. The number of aliphatic carboxylic acids is 1. The number of allylic oxidation sites excluding steroid dienone is 3. The van der Waals surface area contributed by atoms with Crippen LogP contribution in [0.1, 0.15) is 25.3 Å². The van der Waals surface area contributed by atoms with Crippen molar-refractivity contribution in [2.24, 2.45) is 0 Å². The first kappa shape index (κ1) is 14.8. The Morgan fingerprint density at radius 2 is 1.81 bits per heavy atom. The molecule has 1 aliphatic heterocycles. The maximum atomic E-state index is 11.6. The minimum atomic E-state index is -1.14. The Morgan fingerprint density at radius 3 is 2.29 bits per heavy atom. The highest BCUT2D eigenvalue weighted by Gasteiger charge is 2.41. The lowest BCUT2D eigenvalue weighted by Crippen LogP contribution is -2.32. The van der Waals surface area contributed by atoms with Crippen molar-refractivity contribution in [2.45, 2.75) is 19.8 Å². The van der Waals surface area contributed by atoms with Crippen molar-refractivity contribution < 1.29 is 14.8 Å². The molecule has 0 fully saturated rings. The fraction of sp³-hybridized carbons (Fsp3) is 0.267. The number of hydrogen-bond donors (Lipinski definition) is 1. The molecule has 6 nitrogen and oxygen atoms in total. The Labute approximate surface area is 122 Å². The highest BCUT2D eigenvalue weighted by molar-refractivity contribution is 5.90. The SMILES string of the molecule is CC1=C(C(=O)O)[C@H](c2ccccc2)C([N+](=O)[O-])=C(C)N1C. The van der Waals surface area contributed by atoms with E-state index >= 15 is 0 Å². The van der Waals surface area contributed by atoms with Gasteiger partial charge in [-0.05, 0) is 19.4 Å². The van der Waals surface area contributed by atoms with Crippen LogP contribution >= 0.6 is 0 Å². The number of carboxylic acids is 1. The predicted molar refractivity (Wildman–Crippen MR) is 77.0 cm³/mol. The van der Waals surface area contributed by atoms with E-state index in [2.05, 4.69) is 0 Å². The predicted octanol–water partition coefficient (Wildman–Crippen LogP) is 2.58. The summed E-state index contributed by atoms with van der Waals surface area (Å²) in [5.74, 6) is -2.00. The molecule has 0 amide bonds. The summed E-state index contributed by atoms with van der Waals surface area (Å²) in [7, 11) is 1.64. The summed E-state index contributed by atoms with van der Waals surface area (Å²) in [5.41, 5.74) is 1.52. The third-order valence-corrected chi connectivity index (χ3v) is 3.89. The highest BCUT2D eigenvalue weighted by Crippen LogP contribution is 2.41. The van der Waals surface area contributed by atoms with Crippen molar-refractivity contribution in [3.8, 4) is 0 Å². The van der Waals surface area contributed by atoms with E-state index in [9.17, 15) is 20.0 Å². The zero-order valence-electron chi connectivity index (χ0n) is 12.0. The van der Waals surface area contributed by atoms with Crippen molar-refractivity contribution in [3.63, 3.8) is 0 Å². The van der Waals surface area contributed by atoms with Gasteiger partial charge in [-0.3, -0.25) is 10.1 Å². The third kappa shape index (κ3) is 2.40. The summed E-state index contributed by atoms with van der Waals surface area (Å²) in [6, 6.07) is 8.70. The zero-order valence-corrected chi connectivity index (χ0v) is 12.0.